The molecule has 2 rings (SSSR count). The second kappa shape index (κ2) is 4.88. The van der Waals surface area contributed by atoms with Crippen LogP contribution in [0.5, 0.6) is 0 Å². The minimum absolute atomic E-state index is 0.0192. The highest BCUT2D eigenvalue weighted by Crippen LogP contribution is 2.38. The maximum Gasteiger partial charge on any atom is 0.417 e. The van der Waals surface area contributed by atoms with Crippen molar-refractivity contribution in [3.63, 3.8) is 0 Å². The summed E-state index contributed by atoms with van der Waals surface area (Å²) in [5, 5.41) is 3.59. The molecule has 1 aromatic heterocycles. The molecule has 0 aliphatic carbocycles. The Hall–Kier alpha value is -1.50. The Morgan fingerprint density at radius 2 is 2.05 bits per heavy atom. The lowest BCUT2D eigenvalue weighted by molar-refractivity contribution is -0.138. The number of benzene rings is 1. The van der Waals surface area contributed by atoms with Gasteiger partial charge in [0, 0.05) is 15.6 Å². The smallest absolute Gasteiger partial charge is 0.381 e. The predicted octanol–water partition coefficient (Wildman–Crippen LogP) is 4.27. The van der Waals surface area contributed by atoms with Gasteiger partial charge in [0.25, 0.3) is 0 Å². The van der Waals surface area contributed by atoms with Gasteiger partial charge in [0.1, 0.15) is 0 Å². The number of nitrogens with two attached hydrogens (primary N) is 1. The molecule has 0 aliphatic rings. The molecule has 0 aliphatic heterocycles. The van der Waals surface area contributed by atoms with Gasteiger partial charge in [-0.3, -0.25) is 0 Å². The summed E-state index contributed by atoms with van der Waals surface area (Å²) in [6.45, 7) is 1.83. The van der Waals surface area contributed by atoms with Crippen LogP contribution in [-0.2, 0) is 12.6 Å². The molecule has 19 heavy (non-hydrogen) atoms. The number of anilines is 1. The normalized spacial score (nSPS) is 11.8. The standard InChI is InChI=1S/C12H10BrF3N2O/c1-2-7-10(19-18-11(7)17)6-3-4-9(13)8(5-6)12(14,15)16/h3-5H,2H2,1H3,(H2,17,18). The Balaban J connectivity index is 2.58. The summed E-state index contributed by atoms with van der Waals surface area (Å²) >= 11 is 2.89. The van der Waals surface area contributed by atoms with Crippen LogP contribution in [0, 0.1) is 0 Å². The predicted molar refractivity (Wildman–Crippen MR) is 68.4 cm³/mol. The number of aromatic nitrogens is 1. The van der Waals surface area contributed by atoms with Gasteiger partial charge in [-0.15, -0.1) is 0 Å². The fourth-order valence-corrected chi connectivity index (χ4v) is 2.25. The molecule has 0 bridgehead atoms. The number of halogens is 4. The summed E-state index contributed by atoms with van der Waals surface area (Å²) in [5.41, 5.74) is 5.75. The maximum absolute atomic E-state index is 12.8. The van der Waals surface area contributed by atoms with Gasteiger partial charge in [-0.05, 0) is 24.6 Å². The second-order valence-electron chi connectivity index (χ2n) is 3.92. The van der Waals surface area contributed by atoms with E-state index in [1.165, 1.54) is 12.1 Å². The highest BCUT2D eigenvalue weighted by molar-refractivity contribution is 9.10. The van der Waals surface area contributed by atoms with Gasteiger partial charge in [-0.2, -0.15) is 13.2 Å². The van der Waals surface area contributed by atoms with Gasteiger partial charge in [-0.25, -0.2) is 0 Å². The first-order valence-electron chi connectivity index (χ1n) is 5.45. The molecule has 0 fully saturated rings. The van der Waals surface area contributed by atoms with Crippen molar-refractivity contribution < 1.29 is 17.7 Å². The fourth-order valence-electron chi connectivity index (χ4n) is 1.77. The van der Waals surface area contributed by atoms with E-state index in [1.54, 1.807) is 0 Å². The second-order valence-corrected chi connectivity index (χ2v) is 4.78. The van der Waals surface area contributed by atoms with Crippen LogP contribution in [-0.4, -0.2) is 5.16 Å². The molecule has 1 aromatic carbocycles. The Kier molecular flexibility index (Phi) is 3.58. The van der Waals surface area contributed by atoms with E-state index in [0.717, 1.165) is 6.07 Å². The van der Waals surface area contributed by atoms with Crippen LogP contribution in [0.3, 0.4) is 0 Å². The number of rotatable bonds is 2. The minimum Gasteiger partial charge on any atom is -0.381 e. The van der Waals surface area contributed by atoms with E-state index in [2.05, 4.69) is 21.1 Å². The van der Waals surface area contributed by atoms with Gasteiger partial charge in [0.15, 0.2) is 11.6 Å². The molecule has 0 spiro atoms. The van der Waals surface area contributed by atoms with E-state index in [4.69, 9.17) is 10.3 Å². The third-order valence-electron chi connectivity index (χ3n) is 2.71. The Morgan fingerprint density at radius 1 is 1.37 bits per heavy atom. The molecule has 0 saturated heterocycles. The topological polar surface area (TPSA) is 52.0 Å². The van der Waals surface area contributed by atoms with Crippen molar-refractivity contribution in [2.75, 3.05) is 5.73 Å². The number of alkyl halides is 3. The number of hydrogen-bond acceptors (Lipinski definition) is 3. The first kappa shape index (κ1) is 13.9. The molecule has 0 amide bonds. The Morgan fingerprint density at radius 3 is 2.63 bits per heavy atom. The number of nitrogen functional groups attached to an aromatic ring is 1. The van der Waals surface area contributed by atoms with Gasteiger partial charge in [0.05, 0.1) is 5.56 Å². The van der Waals surface area contributed by atoms with Crippen LogP contribution in [0.25, 0.3) is 11.3 Å². The monoisotopic (exact) mass is 334 g/mol. The maximum atomic E-state index is 12.8. The summed E-state index contributed by atoms with van der Waals surface area (Å²) in [6, 6.07) is 3.87. The molecule has 0 radical (unpaired) electrons. The van der Waals surface area contributed by atoms with Crippen LogP contribution < -0.4 is 5.73 Å². The van der Waals surface area contributed by atoms with E-state index in [-0.39, 0.29) is 16.1 Å². The average Bonchev–Trinajstić information content (AvgIpc) is 2.69. The molecule has 102 valence electrons. The van der Waals surface area contributed by atoms with E-state index >= 15 is 0 Å². The van der Waals surface area contributed by atoms with Crippen LogP contribution in [0.15, 0.2) is 27.2 Å². The van der Waals surface area contributed by atoms with Crippen molar-refractivity contribution in [1.82, 2.24) is 5.16 Å². The van der Waals surface area contributed by atoms with Gasteiger partial charge in [0.2, 0.25) is 0 Å². The summed E-state index contributed by atoms with van der Waals surface area (Å²) in [7, 11) is 0. The van der Waals surface area contributed by atoms with Gasteiger partial charge < -0.3 is 10.3 Å². The molecule has 7 heteroatoms. The van der Waals surface area contributed by atoms with Gasteiger partial charge in [-0.1, -0.05) is 28.0 Å². The Bertz CT molecular complexity index is 608. The first-order chi connectivity index (χ1) is 8.84. The van der Waals surface area contributed by atoms with Crippen LogP contribution >= 0.6 is 15.9 Å². The SMILES string of the molecule is CCc1c(N)noc1-c1ccc(Br)c(C(F)(F)F)c1. The highest BCUT2D eigenvalue weighted by atomic mass is 79.9. The molecule has 0 unspecified atom stereocenters. The number of nitrogens with zero attached hydrogens (tertiary/aromatic N) is 1. The van der Waals surface area contributed by atoms with Crippen molar-refractivity contribution in [3.05, 3.63) is 33.8 Å². The zero-order valence-corrected chi connectivity index (χ0v) is 11.5. The zero-order valence-electron chi connectivity index (χ0n) is 9.88. The fraction of sp³-hybridized carbons (Fsp3) is 0.250. The molecule has 2 N–H and O–H groups in total. The molecule has 2 aromatic rings. The largest absolute Gasteiger partial charge is 0.417 e. The lowest BCUT2D eigenvalue weighted by atomic mass is 10.0. The highest BCUT2D eigenvalue weighted by Gasteiger charge is 2.33. The molecular weight excluding hydrogens is 325 g/mol. The molecular formula is C12H10BrF3N2O. The van der Waals surface area contributed by atoms with Crippen LogP contribution in [0.4, 0.5) is 19.0 Å². The van der Waals surface area contributed by atoms with Crippen molar-refractivity contribution in [2.45, 2.75) is 19.5 Å². The average molecular weight is 335 g/mol. The summed E-state index contributed by atoms with van der Waals surface area (Å²) in [6.07, 6.45) is -3.91. The van der Waals surface area contributed by atoms with Gasteiger partial charge >= 0.3 is 6.18 Å². The minimum atomic E-state index is -4.44. The molecule has 1 heterocycles. The lowest BCUT2D eigenvalue weighted by Crippen LogP contribution is -2.06. The van der Waals surface area contributed by atoms with Crippen molar-refractivity contribution in [3.8, 4) is 11.3 Å². The molecule has 0 atom stereocenters. The molecule has 3 nitrogen and oxygen atoms in total. The van der Waals surface area contributed by atoms with Crippen molar-refractivity contribution in [2.24, 2.45) is 0 Å². The third-order valence-corrected chi connectivity index (χ3v) is 3.40. The quantitative estimate of drug-likeness (QED) is 0.892. The summed E-state index contributed by atoms with van der Waals surface area (Å²) in [5.74, 6) is 0.479. The van der Waals surface area contributed by atoms with E-state index < -0.39 is 11.7 Å². The van der Waals surface area contributed by atoms with E-state index in [0.29, 0.717) is 17.5 Å². The lowest BCUT2D eigenvalue weighted by Gasteiger charge is -2.10. The van der Waals surface area contributed by atoms with E-state index in [1.807, 2.05) is 6.92 Å². The Labute approximate surface area is 115 Å². The summed E-state index contributed by atoms with van der Waals surface area (Å²) in [4.78, 5) is 0. The number of hydrogen-bond donors (Lipinski definition) is 1. The first-order valence-corrected chi connectivity index (χ1v) is 6.25. The van der Waals surface area contributed by atoms with Crippen molar-refractivity contribution >= 4 is 21.7 Å². The van der Waals surface area contributed by atoms with Crippen molar-refractivity contribution in [1.29, 1.82) is 0 Å². The van der Waals surface area contributed by atoms with E-state index in [9.17, 15) is 13.2 Å². The summed E-state index contributed by atoms with van der Waals surface area (Å²) < 4.78 is 43.5. The van der Waals surface area contributed by atoms with Crippen LogP contribution in [0.1, 0.15) is 18.1 Å². The van der Waals surface area contributed by atoms with Crippen LogP contribution in [0.2, 0.25) is 0 Å². The third kappa shape index (κ3) is 2.60. The zero-order chi connectivity index (χ0) is 14.2. The molecule has 0 saturated carbocycles.